The van der Waals surface area contributed by atoms with E-state index in [0.29, 0.717) is 11.3 Å². The summed E-state index contributed by atoms with van der Waals surface area (Å²) in [7, 11) is 0. The molecule has 0 unspecified atom stereocenters. The van der Waals surface area contributed by atoms with Crippen molar-refractivity contribution in [1.29, 1.82) is 0 Å². The van der Waals surface area contributed by atoms with Crippen LogP contribution in [0.1, 0.15) is 10.4 Å². The Bertz CT molecular complexity index is 1330. The molecule has 5 heteroatoms. The number of fused-ring (bicyclic) bond motifs is 1. The van der Waals surface area contributed by atoms with Gasteiger partial charge in [0, 0.05) is 11.3 Å². The van der Waals surface area contributed by atoms with Gasteiger partial charge >= 0.3 is 0 Å². The normalized spacial score (nSPS) is 10.7. The van der Waals surface area contributed by atoms with Gasteiger partial charge in [-0.15, -0.1) is 0 Å². The molecule has 0 fully saturated rings. The number of amides is 1. The number of carbonyl (C=O) groups excluding carboxylic acids is 1. The number of nitrogens with zero attached hydrogens (tertiary/aromatic N) is 1. The van der Waals surface area contributed by atoms with Crippen molar-refractivity contribution in [2.24, 2.45) is 0 Å². The quantitative estimate of drug-likeness (QED) is 0.322. The number of aromatic nitrogens is 1. The Morgan fingerprint density at radius 3 is 2.13 bits per heavy atom. The molecule has 4 aromatic carbocycles. The first-order valence-electron chi connectivity index (χ1n) is 9.95. The van der Waals surface area contributed by atoms with Gasteiger partial charge in [0.15, 0.2) is 5.13 Å². The highest BCUT2D eigenvalue weighted by molar-refractivity contribution is 7.22. The zero-order valence-electron chi connectivity index (χ0n) is 16.6. The number of hydrogen-bond donors (Lipinski definition) is 2. The second kappa shape index (κ2) is 8.42. The average Bonchev–Trinajstić information content (AvgIpc) is 3.24. The number of para-hydroxylation sites is 2. The molecule has 0 aliphatic carbocycles. The van der Waals surface area contributed by atoms with Gasteiger partial charge in [-0.25, -0.2) is 4.98 Å². The molecule has 0 saturated heterocycles. The second-order valence-corrected chi connectivity index (χ2v) is 8.09. The predicted octanol–water partition coefficient (Wildman–Crippen LogP) is 6.96. The summed E-state index contributed by atoms with van der Waals surface area (Å²) in [5.41, 5.74) is 5.27. The third kappa shape index (κ3) is 4.17. The topological polar surface area (TPSA) is 54.0 Å². The first-order chi connectivity index (χ1) is 15.3. The molecule has 5 aromatic rings. The van der Waals surface area contributed by atoms with Gasteiger partial charge in [-0.2, -0.15) is 0 Å². The number of thiazole rings is 1. The van der Waals surface area contributed by atoms with Crippen LogP contribution in [-0.2, 0) is 0 Å². The van der Waals surface area contributed by atoms with Crippen LogP contribution in [0.15, 0.2) is 103 Å². The molecule has 0 radical (unpaired) electrons. The summed E-state index contributed by atoms with van der Waals surface area (Å²) < 4.78 is 1.01. The molecule has 0 spiro atoms. The van der Waals surface area contributed by atoms with Crippen LogP contribution in [-0.4, -0.2) is 10.9 Å². The van der Waals surface area contributed by atoms with Crippen molar-refractivity contribution in [2.75, 3.05) is 10.6 Å². The smallest absolute Gasteiger partial charge is 0.255 e. The average molecular weight is 422 g/mol. The largest absolute Gasteiger partial charge is 0.332 e. The molecule has 0 bridgehead atoms. The molecule has 0 aliphatic rings. The van der Waals surface area contributed by atoms with Crippen LogP contribution < -0.4 is 10.6 Å². The summed E-state index contributed by atoms with van der Waals surface area (Å²) in [6, 6.07) is 33.5. The first-order valence-corrected chi connectivity index (χ1v) is 10.8. The second-order valence-electron chi connectivity index (χ2n) is 7.06. The zero-order valence-corrected chi connectivity index (χ0v) is 17.4. The van der Waals surface area contributed by atoms with Gasteiger partial charge in [0.25, 0.3) is 5.91 Å². The molecule has 0 saturated carbocycles. The SMILES string of the molecule is O=C(Nc1cccc2sc(Nc3ccccc3)nc12)c1ccc(-c2ccccc2)cc1. The van der Waals surface area contributed by atoms with Gasteiger partial charge in [0.2, 0.25) is 0 Å². The predicted molar refractivity (Wildman–Crippen MR) is 129 cm³/mol. The number of carbonyl (C=O) groups is 1. The summed E-state index contributed by atoms with van der Waals surface area (Å²) in [6.07, 6.45) is 0. The molecular weight excluding hydrogens is 402 g/mol. The lowest BCUT2D eigenvalue weighted by Gasteiger charge is -2.07. The minimum absolute atomic E-state index is 0.155. The van der Waals surface area contributed by atoms with Crippen molar-refractivity contribution >= 4 is 44.0 Å². The van der Waals surface area contributed by atoms with Crippen LogP contribution in [0, 0.1) is 0 Å². The Kier molecular flexibility index (Phi) is 5.17. The number of benzene rings is 4. The molecule has 1 heterocycles. The summed E-state index contributed by atoms with van der Waals surface area (Å²) >= 11 is 1.56. The fourth-order valence-electron chi connectivity index (χ4n) is 3.39. The van der Waals surface area contributed by atoms with E-state index < -0.39 is 0 Å². The molecular formula is C26H19N3OS. The molecule has 1 amide bonds. The van der Waals surface area contributed by atoms with Crippen molar-refractivity contribution < 1.29 is 4.79 Å². The highest BCUT2D eigenvalue weighted by Crippen LogP contribution is 2.32. The Balaban J connectivity index is 1.36. The maximum Gasteiger partial charge on any atom is 0.255 e. The Hall–Kier alpha value is -3.96. The highest BCUT2D eigenvalue weighted by Gasteiger charge is 2.12. The van der Waals surface area contributed by atoms with E-state index in [1.165, 1.54) is 0 Å². The van der Waals surface area contributed by atoms with Crippen LogP contribution in [0.3, 0.4) is 0 Å². The fourth-order valence-corrected chi connectivity index (χ4v) is 4.30. The van der Waals surface area contributed by atoms with Crippen molar-refractivity contribution in [2.45, 2.75) is 0 Å². The lowest BCUT2D eigenvalue weighted by atomic mass is 10.0. The minimum atomic E-state index is -0.155. The number of anilines is 3. The fraction of sp³-hybridized carbons (Fsp3) is 0. The van der Waals surface area contributed by atoms with Crippen molar-refractivity contribution in [3.8, 4) is 11.1 Å². The van der Waals surface area contributed by atoms with Crippen LogP contribution in [0.5, 0.6) is 0 Å². The van der Waals surface area contributed by atoms with E-state index in [9.17, 15) is 4.79 Å². The van der Waals surface area contributed by atoms with Gasteiger partial charge in [0.05, 0.1) is 10.4 Å². The third-order valence-corrected chi connectivity index (χ3v) is 5.88. The Morgan fingerprint density at radius 1 is 0.710 bits per heavy atom. The third-order valence-electron chi connectivity index (χ3n) is 4.95. The lowest BCUT2D eigenvalue weighted by Crippen LogP contribution is -2.12. The zero-order chi connectivity index (χ0) is 21.0. The van der Waals surface area contributed by atoms with Crippen molar-refractivity contribution in [3.05, 3.63) is 109 Å². The van der Waals surface area contributed by atoms with E-state index in [-0.39, 0.29) is 5.91 Å². The van der Waals surface area contributed by atoms with E-state index in [0.717, 1.165) is 32.2 Å². The van der Waals surface area contributed by atoms with E-state index >= 15 is 0 Å². The van der Waals surface area contributed by atoms with E-state index in [1.807, 2.05) is 91.0 Å². The molecule has 150 valence electrons. The van der Waals surface area contributed by atoms with Crippen LogP contribution in [0.2, 0.25) is 0 Å². The lowest BCUT2D eigenvalue weighted by molar-refractivity contribution is 0.102. The number of rotatable bonds is 5. The maximum absolute atomic E-state index is 12.9. The highest BCUT2D eigenvalue weighted by atomic mass is 32.1. The van der Waals surface area contributed by atoms with Crippen molar-refractivity contribution in [1.82, 2.24) is 4.98 Å². The van der Waals surface area contributed by atoms with Gasteiger partial charge in [-0.05, 0) is 47.5 Å². The van der Waals surface area contributed by atoms with Crippen molar-refractivity contribution in [3.63, 3.8) is 0 Å². The van der Waals surface area contributed by atoms with Crippen LogP contribution >= 0.6 is 11.3 Å². The van der Waals surface area contributed by atoms with Gasteiger partial charge in [-0.3, -0.25) is 4.79 Å². The Morgan fingerprint density at radius 2 is 1.39 bits per heavy atom. The summed E-state index contributed by atoms with van der Waals surface area (Å²) in [5.74, 6) is -0.155. The minimum Gasteiger partial charge on any atom is -0.332 e. The van der Waals surface area contributed by atoms with Crippen LogP contribution in [0.25, 0.3) is 21.3 Å². The monoisotopic (exact) mass is 421 g/mol. The van der Waals surface area contributed by atoms with E-state index in [4.69, 9.17) is 4.98 Å². The molecule has 0 aliphatic heterocycles. The van der Waals surface area contributed by atoms with Gasteiger partial charge in [0.1, 0.15) is 5.52 Å². The summed E-state index contributed by atoms with van der Waals surface area (Å²) in [5, 5.41) is 7.12. The first kappa shape index (κ1) is 19.0. The maximum atomic E-state index is 12.9. The molecule has 2 N–H and O–H groups in total. The molecule has 1 aromatic heterocycles. The van der Waals surface area contributed by atoms with E-state index in [2.05, 4.69) is 22.8 Å². The van der Waals surface area contributed by atoms with E-state index in [1.54, 1.807) is 11.3 Å². The van der Waals surface area contributed by atoms with Crippen LogP contribution in [0.4, 0.5) is 16.5 Å². The summed E-state index contributed by atoms with van der Waals surface area (Å²) in [4.78, 5) is 17.6. The molecule has 5 rings (SSSR count). The Labute approximate surface area is 184 Å². The molecule has 4 nitrogen and oxygen atoms in total. The van der Waals surface area contributed by atoms with Gasteiger partial charge < -0.3 is 10.6 Å². The van der Waals surface area contributed by atoms with Gasteiger partial charge in [-0.1, -0.05) is 78.1 Å². The molecule has 31 heavy (non-hydrogen) atoms. The summed E-state index contributed by atoms with van der Waals surface area (Å²) in [6.45, 7) is 0. The standard InChI is InChI=1S/C26H19N3OS/c30-25(20-16-14-19(15-17-20)18-8-3-1-4-9-18)28-22-12-7-13-23-24(22)29-26(31-23)27-21-10-5-2-6-11-21/h1-17H,(H,27,29)(H,28,30). The number of hydrogen-bond acceptors (Lipinski definition) is 4. The molecule has 0 atom stereocenters. The number of nitrogens with one attached hydrogen (secondary N) is 2.